The SMILES string of the molecule is CCOC(=O)C(Cc1ccc(OCCNC)cc1)OCC. The van der Waals surface area contributed by atoms with Crippen LogP contribution in [0.2, 0.25) is 0 Å². The zero-order valence-electron chi connectivity index (χ0n) is 13.1. The van der Waals surface area contributed by atoms with E-state index in [4.69, 9.17) is 14.2 Å². The van der Waals surface area contributed by atoms with Crippen LogP contribution in [0.15, 0.2) is 24.3 Å². The van der Waals surface area contributed by atoms with Gasteiger partial charge < -0.3 is 19.5 Å². The zero-order chi connectivity index (χ0) is 15.5. The minimum absolute atomic E-state index is 0.311. The molecule has 5 heteroatoms. The van der Waals surface area contributed by atoms with E-state index in [0.717, 1.165) is 17.9 Å². The van der Waals surface area contributed by atoms with Gasteiger partial charge in [0, 0.05) is 19.6 Å². The minimum atomic E-state index is -0.550. The molecule has 21 heavy (non-hydrogen) atoms. The van der Waals surface area contributed by atoms with Crippen molar-refractivity contribution in [2.24, 2.45) is 0 Å². The van der Waals surface area contributed by atoms with Gasteiger partial charge in [0.15, 0.2) is 6.10 Å². The Bertz CT molecular complexity index is 405. The third kappa shape index (κ3) is 6.60. The zero-order valence-corrected chi connectivity index (χ0v) is 13.1. The van der Waals surface area contributed by atoms with Crippen molar-refractivity contribution in [3.05, 3.63) is 29.8 Å². The summed E-state index contributed by atoms with van der Waals surface area (Å²) in [5.41, 5.74) is 1.02. The lowest BCUT2D eigenvalue weighted by Crippen LogP contribution is -2.28. The second-order valence-electron chi connectivity index (χ2n) is 4.50. The van der Waals surface area contributed by atoms with Crippen molar-refractivity contribution < 1.29 is 19.0 Å². The molecule has 0 aliphatic heterocycles. The number of ether oxygens (including phenoxy) is 3. The molecule has 118 valence electrons. The number of nitrogens with one attached hydrogen (secondary N) is 1. The number of hydrogen-bond donors (Lipinski definition) is 1. The van der Waals surface area contributed by atoms with E-state index >= 15 is 0 Å². The highest BCUT2D eigenvalue weighted by molar-refractivity contribution is 5.75. The first-order valence-electron chi connectivity index (χ1n) is 7.35. The van der Waals surface area contributed by atoms with Crippen molar-refractivity contribution in [3.8, 4) is 5.75 Å². The summed E-state index contributed by atoms with van der Waals surface area (Å²) in [5, 5.41) is 3.02. The fourth-order valence-corrected chi connectivity index (χ4v) is 1.85. The van der Waals surface area contributed by atoms with Crippen molar-refractivity contribution in [3.63, 3.8) is 0 Å². The van der Waals surface area contributed by atoms with Gasteiger partial charge in [-0.05, 0) is 38.6 Å². The molecule has 0 saturated heterocycles. The Balaban J connectivity index is 2.56. The number of rotatable bonds is 10. The van der Waals surface area contributed by atoms with E-state index in [1.807, 2.05) is 38.2 Å². The van der Waals surface area contributed by atoms with Gasteiger partial charge >= 0.3 is 5.97 Å². The molecule has 0 aromatic heterocycles. The van der Waals surface area contributed by atoms with Crippen LogP contribution in [0.1, 0.15) is 19.4 Å². The summed E-state index contributed by atoms with van der Waals surface area (Å²) in [6.45, 7) is 5.93. The fraction of sp³-hybridized carbons (Fsp3) is 0.562. The molecule has 0 fully saturated rings. The Morgan fingerprint density at radius 3 is 2.48 bits per heavy atom. The molecule has 0 amide bonds. The topological polar surface area (TPSA) is 56.8 Å². The Kier molecular flexibility index (Phi) is 8.47. The molecule has 1 rings (SSSR count). The molecule has 1 N–H and O–H groups in total. The molecule has 1 atom stereocenters. The average molecular weight is 295 g/mol. The molecule has 1 aromatic rings. The second-order valence-corrected chi connectivity index (χ2v) is 4.50. The molecule has 0 aliphatic rings. The van der Waals surface area contributed by atoms with Gasteiger partial charge in [-0.2, -0.15) is 0 Å². The van der Waals surface area contributed by atoms with Crippen LogP contribution < -0.4 is 10.1 Å². The summed E-state index contributed by atoms with van der Waals surface area (Å²) in [6, 6.07) is 7.69. The van der Waals surface area contributed by atoms with Crippen LogP contribution in [0, 0.1) is 0 Å². The van der Waals surface area contributed by atoms with E-state index in [1.54, 1.807) is 6.92 Å². The van der Waals surface area contributed by atoms with Crippen LogP contribution in [0.4, 0.5) is 0 Å². The smallest absolute Gasteiger partial charge is 0.335 e. The molecular weight excluding hydrogens is 270 g/mol. The summed E-state index contributed by atoms with van der Waals surface area (Å²) in [7, 11) is 1.88. The quantitative estimate of drug-likeness (QED) is 0.527. The molecule has 5 nitrogen and oxygen atoms in total. The Hall–Kier alpha value is -1.59. The minimum Gasteiger partial charge on any atom is -0.492 e. The van der Waals surface area contributed by atoms with E-state index in [-0.39, 0.29) is 5.97 Å². The standard InChI is InChI=1S/C16H25NO4/c1-4-19-15(16(18)20-5-2)12-13-6-8-14(9-7-13)21-11-10-17-3/h6-9,15,17H,4-5,10-12H2,1-3H3. The van der Waals surface area contributed by atoms with E-state index in [9.17, 15) is 4.79 Å². The molecule has 0 radical (unpaired) electrons. The normalized spacial score (nSPS) is 12.0. The van der Waals surface area contributed by atoms with Gasteiger partial charge in [-0.1, -0.05) is 12.1 Å². The van der Waals surface area contributed by atoms with E-state index < -0.39 is 6.10 Å². The van der Waals surface area contributed by atoms with Crippen LogP contribution in [-0.4, -0.2) is 45.5 Å². The Labute approximate surface area is 126 Å². The van der Waals surface area contributed by atoms with Crippen molar-refractivity contribution in [1.29, 1.82) is 0 Å². The highest BCUT2D eigenvalue weighted by atomic mass is 16.6. The second kappa shape index (κ2) is 10.2. The van der Waals surface area contributed by atoms with E-state index in [1.165, 1.54) is 0 Å². The Morgan fingerprint density at radius 1 is 1.19 bits per heavy atom. The van der Waals surface area contributed by atoms with Crippen LogP contribution in [0.25, 0.3) is 0 Å². The first-order chi connectivity index (χ1) is 10.2. The fourth-order valence-electron chi connectivity index (χ4n) is 1.85. The third-order valence-corrected chi connectivity index (χ3v) is 2.88. The van der Waals surface area contributed by atoms with Gasteiger partial charge in [-0.3, -0.25) is 0 Å². The molecule has 1 unspecified atom stereocenters. The number of likely N-dealkylation sites (N-methyl/N-ethyl adjacent to an activating group) is 1. The average Bonchev–Trinajstić information content (AvgIpc) is 2.49. The third-order valence-electron chi connectivity index (χ3n) is 2.88. The molecule has 0 heterocycles. The van der Waals surface area contributed by atoms with Gasteiger partial charge in [0.05, 0.1) is 6.61 Å². The molecular formula is C16H25NO4. The van der Waals surface area contributed by atoms with Gasteiger partial charge in [0.1, 0.15) is 12.4 Å². The number of esters is 1. The highest BCUT2D eigenvalue weighted by Crippen LogP contribution is 2.15. The Morgan fingerprint density at radius 2 is 1.90 bits per heavy atom. The molecule has 0 aliphatic carbocycles. The van der Waals surface area contributed by atoms with Crippen LogP contribution in [0.3, 0.4) is 0 Å². The molecule has 0 spiro atoms. The molecule has 0 bridgehead atoms. The lowest BCUT2D eigenvalue weighted by atomic mass is 10.1. The van der Waals surface area contributed by atoms with Crippen molar-refractivity contribution in [2.45, 2.75) is 26.4 Å². The van der Waals surface area contributed by atoms with Crippen molar-refractivity contribution in [2.75, 3.05) is 33.4 Å². The summed E-state index contributed by atoms with van der Waals surface area (Å²) in [5.74, 6) is 0.506. The summed E-state index contributed by atoms with van der Waals surface area (Å²) < 4.78 is 16.0. The number of benzene rings is 1. The van der Waals surface area contributed by atoms with Crippen LogP contribution in [-0.2, 0) is 20.7 Å². The summed E-state index contributed by atoms with van der Waals surface area (Å²) in [4.78, 5) is 11.8. The van der Waals surface area contributed by atoms with Crippen molar-refractivity contribution >= 4 is 5.97 Å². The van der Waals surface area contributed by atoms with Crippen LogP contribution >= 0.6 is 0 Å². The van der Waals surface area contributed by atoms with Gasteiger partial charge in [0.25, 0.3) is 0 Å². The maximum atomic E-state index is 11.8. The predicted molar refractivity (Wildman–Crippen MR) is 81.6 cm³/mol. The van der Waals surface area contributed by atoms with Crippen LogP contribution in [0.5, 0.6) is 5.75 Å². The maximum Gasteiger partial charge on any atom is 0.335 e. The first-order valence-corrected chi connectivity index (χ1v) is 7.35. The van der Waals surface area contributed by atoms with Gasteiger partial charge in [-0.25, -0.2) is 4.79 Å². The molecule has 1 aromatic carbocycles. The summed E-state index contributed by atoms with van der Waals surface area (Å²) >= 11 is 0. The van der Waals surface area contributed by atoms with Gasteiger partial charge in [-0.15, -0.1) is 0 Å². The lowest BCUT2D eigenvalue weighted by Gasteiger charge is -2.15. The first kappa shape index (κ1) is 17.5. The lowest BCUT2D eigenvalue weighted by molar-refractivity contribution is -0.156. The largest absolute Gasteiger partial charge is 0.492 e. The summed E-state index contributed by atoms with van der Waals surface area (Å²) in [6.07, 6.45) is -0.0465. The van der Waals surface area contributed by atoms with Gasteiger partial charge in [0.2, 0.25) is 0 Å². The number of carbonyl (C=O) groups is 1. The predicted octanol–water partition coefficient (Wildman–Crippen LogP) is 1.80. The maximum absolute atomic E-state index is 11.8. The van der Waals surface area contributed by atoms with E-state index in [2.05, 4.69) is 5.32 Å². The van der Waals surface area contributed by atoms with E-state index in [0.29, 0.717) is 26.2 Å². The number of hydrogen-bond acceptors (Lipinski definition) is 5. The monoisotopic (exact) mass is 295 g/mol. The van der Waals surface area contributed by atoms with Crippen molar-refractivity contribution in [1.82, 2.24) is 5.32 Å². The molecule has 0 saturated carbocycles. The highest BCUT2D eigenvalue weighted by Gasteiger charge is 2.20. The number of carbonyl (C=O) groups excluding carboxylic acids is 1.